The van der Waals surface area contributed by atoms with E-state index in [1.54, 1.807) is 28.6 Å². The lowest BCUT2D eigenvalue weighted by Gasteiger charge is -2.23. The Morgan fingerprint density at radius 2 is 1.84 bits per heavy atom. The largest absolute Gasteiger partial charge is 0.334 e. The first kappa shape index (κ1) is 20.2. The number of benzene rings is 2. The number of sulfonamides is 1. The maximum absolute atomic E-state index is 13.1. The maximum atomic E-state index is 13.1. The van der Waals surface area contributed by atoms with Gasteiger partial charge >= 0.3 is 6.03 Å². The number of fused-ring (bicyclic) bond motifs is 1. The molecule has 0 spiro atoms. The van der Waals surface area contributed by atoms with E-state index < -0.39 is 10.0 Å². The van der Waals surface area contributed by atoms with Gasteiger partial charge in [0.05, 0.1) is 20.6 Å². The summed E-state index contributed by atoms with van der Waals surface area (Å²) in [6, 6.07) is 12.9. The van der Waals surface area contributed by atoms with Crippen LogP contribution in [-0.2, 0) is 16.6 Å². The first-order valence-corrected chi connectivity index (χ1v) is 12.3. The van der Waals surface area contributed by atoms with Crippen LogP contribution in [0.25, 0.3) is 10.2 Å². The molecule has 7 nitrogen and oxygen atoms in total. The number of aromatic nitrogens is 1. The predicted molar refractivity (Wildman–Crippen MR) is 120 cm³/mol. The average molecular weight is 455 g/mol. The minimum atomic E-state index is -3.59. The molecule has 31 heavy (non-hydrogen) atoms. The summed E-state index contributed by atoms with van der Waals surface area (Å²) < 4.78 is 28.6. The van der Waals surface area contributed by atoms with Crippen LogP contribution in [0.1, 0.15) is 11.1 Å². The molecule has 0 atom stereocenters. The van der Waals surface area contributed by atoms with Gasteiger partial charge in [-0.15, -0.1) is 11.3 Å². The molecule has 0 aliphatic carbocycles. The van der Waals surface area contributed by atoms with E-state index in [0.29, 0.717) is 37.6 Å². The fraction of sp³-hybridized carbons (Fsp3) is 0.273. The van der Waals surface area contributed by atoms with Crippen LogP contribution < -0.4 is 5.32 Å². The van der Waals surface area contributed by atoms with Crippen LogP contribution in [0.2, 0.25) is 0 Å². The lowest BCUT2D eigenvalue weighted by Crippen LogP contribution is -2.41. The number of carbonyl (C=O) groups excluding carboxylic acids is 1. The second kappa shape index (κ2) is 7.74. The van der Waals surface area contributed by atoms with Crippen molar-refractivity contribution in [1.82, 2.24) is 19.5 Å². The molecule has 0 unspecified atom stereocenters. The Morgan fingerprint density at radius 1 is 1.10 bits per heavy atom. The van der Waals surface area contributed by atoms with Crippen LogP contribution in [0, 0.1) is 6.92 Å². The quantitative estimate of drug-likeness (QED) is 0.614. The summed E-state index contributed by atoms with van der Waals surface area (Å²) in [6.45, 7) is 4.10. The van der Waals surface area contributed by atoms with Gasteiger partial charge in [0.2, 0.25) is 10.0 Å². The van der Waals surface area contributed by atoms with Gasteiger partial charge in [0.1, 0.15) is 0 Å². The Labute approximate surface area is 185 Å². The molecular formula is C22H22N4O3S2. The van der Waals surface area contributed by atoms with E-state index in [-0.39, 0.29) is 6.03 Å². The molecule has 5 rings (SSSR count). The molecule has 0 bridgehead atoms. The highest BCUT2D eigenvalue weighted by molar-refractivity contribution is 7.89. The van der Waals surface area contributed by atoms with Crippen LogP contribution in [0.4, 0.5) is 4.79 Å². The van der Waals surface area contributed by atoms with E-state index in [4.69, 9.17) is 0 Å². The van der Waals surface area contributed by atoms with E-state index in [9.17, 15) is 13.2 Å². The van der Waals surface area contributed by atoms with Crippen LogP contribution in [-0.4, -0.2) is 54.8 Å². The molecule has 0 saturated heterocycles. The number of urea groups is 1. The van der Waals surface area contributed by atoms with Gasteiger partial charge in [0, 0.05) is 32.7 Å². The monoisotopic (exact) mass is 454 g/mol. The predicted octanol–water partition coefficient (Wildman–Crippen LogP) is 3.13. The average Bonchev–Trinajstić information content (AvgIpc) is 3.47. The van der Waals surface area contributed by atoms with Gasteiger partial charge in [0.25, 0.3) is 0 Å². The number of aryl methyl sites for hydroxylation is 1. The molecular weight excluding hydrogens is 432 g/mol. The Morgan fingerprint density at radius 3 is 2.58 bits per heavy atom. The first-order valence-electron chi connectivity index (χ1n) is 10.0. The van der Waals surface area contributed by atoms with E-state index >= 15 is 0 Å². The van der Waals surface area contributed by atoms with Crippen molar-refractivity contribution in [2.45, 2.75) is 18.4 Å². The third-order valence-electron chi connectivity index (χ3n) is 5.92. The summed E-state index contributed by atoms with van der Waals surface area (Å²) in [6.07, 6.45) is 0. The zero-order valence-corrected chi connectivity index (χ0v) is 18.7. The molecule has 0 fully saturated rings. The Balaban J connectivity index is 1.21. The van der Waals surface area contributed by atoms with Crippen molar-refractivity contribution < 1.29 is 13.2 Å². The number of hydrogen-bond donors (Lipinski definition) is 1. The molecule has 3 aromatic rings. The summed E-state index contributed by atoms with van der Waals surface area (Å²) in [5.74, 6) is 0. The van der Waals surface area contributed by atoms with Crippen LogP contribution in [0.15, 0.2) is 64.0 Å². The van der Waals surface area contributed by atoms with Crippen molar-refractivity contribution in [2.24, 2.45) is 0 Å². The third kappa shape index (κ3) is 3.73. The zero-order valence-electron chi connectivity index (χ0n) is 17.0. The molecule has 1 aromatic heterocycles. The smallest absolute Gasteiger partial charge is 0.318 e. The molecule has 1 N–H and O–H groups in total. The Kier molecular flexibility index (Phi) is 5.04. The van der Waals surface area contributed by atoms with Gasteiger partial charge in [0.15, 0.2) is 0 Å². The summed E-state index contributed by atoms with van der Waals surface area (Å²) in [4.78, 5) is 18.9. The normalized spacial score (nSPS) is 16.9. The molecule has 160 valence electrons. The Bertz CT molecular complexity index is 1300. The lowest BCUT2D eigenvalue weighted by molar-refractivity contribution is 0.208. The van der Waals surface area contributed by atoms with Gasteiger partial charge in [-0.2, -0.15) is 4.31 Å². The van der Waals surface area contributed by atoms with Crippen LogP contribution in [0.5, 0.6) is 0 Å². The molecule has 0 saturated carbocycles. The number of nitrogens with zero attached hydrogens (tertiary/aromatic N) is 3. The van der Waals surface area contributed by atoms with Gasteiger partial charge in [-0.05, 0) is 47.4 Å². The lowest BCUT2D eigenvalue weighted by atomic mass is 10.1. The SMILES string of the molecule is Cc1ccccc1CNC(=O)N1CC2=C(C1)CN(S(=O)(=O)c1ccc3ncsc3c1)C2. The second-order valence-electron chi connectivity index (χ2n) is 7.90. The van der Waals surface area contributed by atoms with E-state index in [1.165, 1.54) is 15.6 Å². The van der Waals surface area contributed by atoms with Crippen LogP contribution in [0.3, 0.4) is 0 Å². The van der Waals surface area contributed by atoms with Gasteiger partial charge in [-0.3, -0.25) is 0 Å². The molecule has 9 heteroatoms. The van der Waals surface area contributed by atoms with E-state index in [2.05, 4.69) is 10.3 Å². The van der Waals surface area contributed by atoms with Gasteiger partial charge < -0.3 is 10.2 Å². The van der Waals surface area contributed by atoms with Crippen molar-refractivity contribution in [1.29, 1.82) is 0 Å². The first-order chi connectivity index (χ1) is 14.9. The van der Waals surface area contributed by atoms with Crippen molar-refractivity contribution in [3.63, 3.8) is 0 Å². The molecule has 2 aromatic carbocycles. The van der Waals surface area contributed by atoms with E-state index in [0.717, 1.165) is 32.5 Å². The number of amides is 2. The standard InChI is InChI=1S/C22H22N4O3S2/c1-15-4-2-3-5-16(15)9-23-22(27)25-10-17-12-26(13-18(17)11-25)31(28,29)19-6-7-20-21(8-19)30-14-24-20/h2-8,14H,9-13H2,1H3,(H,23,27). The third-order valence-corrected chi connectivity index (χ3v) is 8.50. The van der Waals surface area contributed by atoms with Crippen molar-refractivity contribution in [3.05, 3.63) is 70.2 Å². The fourth-order valence-corrected chi connectivity index (χ4v) is 6.34. The summed E-state index contributed by atoms with van der Waals surface area (Å²) >= 11 is 1.43. The summed E-state index contributed by atoms with van der Waals surface area (Å²) in [7, 11) is -3.59. The number of nitrogens with one attached hydrogen (secondary N) is 1. The van der Waals surface area contributed by atoms with Crippen LogP contribution >= 0.6 is 11.3 Å². The number of carbonyl (C=O) groups is 1. The molecule has 0 radical (unpaired) electrons. The minimum absolute atomic E-state index is 0.122. The van der Waals surface area contributed by atoms with Crippen molar-refractivity contribution >= 4 is 37.6 Å². The highest BCUT2D eigenvalue weighted by atomic mass is 32.2. The molecule has 2 aliphatic heterocycles. The highest BCUT2D eigenvalue weighted by Gasteiger charge is 2.37. The maximum Gasteiger partial charge on any atom is 0.318 e. The fourth-order valence-electron chi connectivity index (χ4n) is 4.10. The van der Waals surface area contributed by atoms with Gasteiger partial charge in [-0.1, -0.05) is 24.3 Å². The molecule has 2 amide bonds. The van der Waals surface area contributed by atoms with E-state index in [1.807, 2.05) is 31.2 Å². The topological polar surface area (TPSA) is 82.6 Å². The number of thiazole rings is 1. The molecule has 3 heterocycles. The van der Waals surface area contributed by atoms with Crippen molar-refractivity contribution in [3.8, 4) is 0 Å². The summed E-state index contributed by atoms with van der Waals surface area (Å²) in [5.41, 5.74) is 6.79. The minimum Gasteiger partial charge on any atom is -0.334 e. The zero-order chi connectivity index (χ0) is 21.6. The highest BCUT2D eigenvalue weighted by Crippen LogP contribution is 2.31. The number of rotatable bonds is 4. The van der Waals surface area contributed by atoms with Crippen molar-refractivity contribution in [2.75, 3.05) is 26.2 Å². The second-order valence-corrected chi connectivity index (χ2v) is 10.7. The van der Waals surface area contributed by atoms with Gasteiger partial charge in [-0.25, -0.2) is 18.2 Å². The summed E-state index contributed by atoms with van der Waals surface area (Å²) in [5, 5.41) is 2.98. The number of hydrogen-bond acceptors (Lipinski definition) is 5. The Hall–Kier alpha value is -2.75. The molecule has 2 aliphatic rings.